The van der Waals surface area contributed by atoms with Crippen molar-refractivity contribution in [3.8, 4) is 11.5 Å². The molecule has 4 nitrogen and oxygen atoms in total. The van der Waals surface area contributed by atoms with Crippen LogP contribution in [-0.4, -0.2) is 19.4 Å². The van der Waals surface area contributed by atoms with Crippen LogP contribution < -0.4 is 15.0 Å². The highest BCUT2D eigenvalue weighted by Gasteiger charge is 2.07. The molecule has 12 heavy (non-hydrogen) atoms. The quantitative estimate of drug-likeness (QED) is 0.673. The first kappa shape index (κ1) is 8.67. The number of para-hydroxylation sites is 1. The Morgan fingerprint density at radius 3 is 2.50 bits per heavy atom. The number of hydrogen-bond acceptors (Lipinski definition) is 4. The Kier molecular flexibility index (Phi) is 2.76. The Morgan fingerprint density at radius 2 is 2.00 bits per heavy atom. The Bertz CT molecular complexity index is 240. The second-order valence-corrected chi connectivity index (χ2v) is 2.15. The van der Waals surface area contributed by atoms with Crippen molar-refractivity contribution >= 4 is 5.69 Å². The first-order valence-corrected chi connectivity index (χ1v) is 3.44. The van der Waals surface area contributed by atoms with E-state index >= 15 is 0 Å². The van der Waals surface area contributed by atoms with Gasteiger partial charge < -0.3 is 9.47 Å². The van der Waals surface area contributed by atoms with Crippen molar-refractivity contribution in [1.29, 1.82) is 0 Å². The molecular weight excluding hydrogens is 158 g/mol. The summed E-state index contributed by atoms with van der Waals surface area (Å²) < 4.78 is 10.0. The lowest BCUT2D eigenvalue weighted by atomic mass is 10.3. The van der Waals surface area contributed by atoms with Gasteiger partial charge in [-0.3, -0.25) is 10.7 Å². The highest BCUT2D eigenvalue weighted by molar-refractivity contribution is 5.61. The van der Waals surface area contributed by atoms with Gasteiger partial charge in [0, 0.05) is 0 Å². The standard InChI is InChI=1S/C8H11NO3/c1-11-7-5-3-4-6(9-10)8(7)12-2/h3-5,9-10H,1-2H3. The highest BCUT2D eigenvalue weighted by atomic mass is 16.5. The van der Waals surface area contributed by atoms with Crippen LogP contribution in [0.5, 0.6) is 11.5 Å². The lowest BCUT2D eigenvalue weighted by Crippen LogP contribution is -1.96. The van der Waals surface area contributed by atoms with Crippen LogP contribution in [0.2, 0.25) is 0 Å². The highest BCUT2D eigenvalue weighted by Crippen LogP contribution is 2.33. The Hall–Kier alpha value is -1.42. The van der Waals surface area contributed by atoms with Crippen LogP contribution in [0.15, 0.2) is 18.2 Å². The number of anilines is 1. The molecule has 0 saturated carbocycles. The fourth-order valence-electron chi connectivity index (χ4n) is 0.975. The average molecular weight is 169 g/mol. The molecule has 0 amide bonds. The lowest BCUT2D eigenvalue weighted by molar-refractivity contribution is 0.345. The second kappa shape index (κ2) is 3.82. The van der Waals surface area contributed by atoms with Crippen LogP contribution in [0.4, 0.5) is 5.69 Å². The molecule has 0 saturated heterocycles. The van der Waals surface area contributed by atoms with Gasteiger partial charge in [0.1, 0.15) is 5.69 Å². The molecule has 0 spiro atoms. The Labute approximate surface area is 70.7 Å². The summed E-state index contributed by atoms with van der Waals surface area (Å²) in [4.78, 5) is 0. The molecule has 4 heteroatoms. The summed E-state index contributed by atoms with van der Waals surface area (Å²) in [5.74, 6) is 1.07. The fraction of sp³-hybridized carbons (Fsp3) is 0.250. The third kappa shape index (κ3) is 1.43. The molecule has 2 N–H and O–H groups in total. The van der Waals surface area contributed by atoms with E-state index in [4.69, 9.17) is 14.7 Å². The molecule has 0 fully saturated rings. The average Bonchev–Trinajstić information content (AvgIpc) is 2.16. The SMILES string of the molecule is COc1cccc(NO)c1OC. The van der Waals surface area contributed by atoms with Gasteiger partial charge in [-0.25, -0.2) is 0 Å². The van der Waals surface area contributed by atoms with Crippen molar-refractivity contribution in [2.24, 2.45) is 0 Å². The van der Waals surface area contributed by atoms with Gasteiger partial charge in [-0.2, -0.15) is 0 Å². The van der Waals surface area contributed by atoms with Crippen LogP contribution in [0.25, 0.3) is 0 Å². The Balaban J connectivity index is 3.13. The zero-order valence-electron chi connectivity index (χ0n) is 7.00. The third-order valence-electron chi connectivity index (χ3n) is 1.52. The van der Waals surface area contributed by atoms with Gasteiger partial charge in [0.15, 0.2) is 11.5 Å². The van der Waals surface area contributed by atoms with Crippen LogP contribution >= 0.6 is 0 Å². The first-order chi connectivity index (χ1) is 5.83. The Morgan fingerprint density at radius 1 is 1.25 bits per heavy atom. The zero-order chi connectivity index (χ0) is 8.97. The van der Waals surface area contributed by atoms with Crippen LogP contribution in [-0.2, 0) is 0 Å². The molecule has 66 valence electrons. The van der Waals surface area contributed by atoms with E-state index in [0.29, 0.717) is 17.2 Å². The van der Waals surface area contributed by atoms with Crippen LogP contribution in [0.3, 0.4) is 0 Å². The van der Waals surface area contributed by atoms with E-state index in [1.54, 1.807) is 25.3 Å². The van der Waals surface area contributed by atoms with E-state index in [1.165, 1.54) is 7.11 Å². The van der Waals surface area contributed by atoms with Crippen molar-refractivity contribution in [1.82, 2.24) is 0 Å². The van der Waals surface area contributed by atoms with Gasteiger partial charge in [0.25, 0.3) is 0 Å². The van der Waals surface area contributed by atoms with Gasteiger partial charge in [0.2, 0.25) is 0 Å². The van der Waals surface area contributed by atoms with Crippen molar-refractivity contribution in [2.45, 2.75) is 0 Å². The fourth-order valence-corrected chi connectivity index (χ4v) is 0.975. The van der Waals surface area contributed by atoms with Crippen molar-refractivity contribution in [3.05, 3.63) is 18.2 Å². The number of nitrogens with one attached hydrogen (secondary N) is 1. The molecule has 0 aliphatic carbocycles. The molecule has 1 aromatic rings. The van der Waals surface area contributed by atoms with E-state index in [9.17, 15) is 0 Å². The summed E-state index contributed by atoms with van der Waals surface area (Å²) in [6, 6.07) is 5.18. The molecular formula is C8H11NO3. The molecule has 0 aliphatic heterocycles. The van der Waals surface area contributed by atoms with E-state index in [0.717, 1.165) is 0 Å². The summed E-state index contributed by atoms with van der Waals surface area (Å²) in [6.07, 6.45) is 0. The van der Waals surface area contributed by atoms with Crippen molar-refractivity contribution < 1.29 is 14.7 Å². The lowest BCUT2D eigenvalue weighted by Gasteiger charge is -2.10. The summed E-state index contributed by atoms with van der Waals surface area (Å²) in [7, 11) is 3.05. The predicted octanol–water partition coefficient (Wildman–Crippen LogP) is 1.50. The maximum absolute atomic E-state index is 8.68. The van der Waals surface area contributed by atoms with Gasteiger partial charge in [0.05, 0.1) is 14.2 Å². The number of ether oxygens (including phenoxy) is 2. The van der Waals surface area contributed by atoms with Crippen molar-refractivity contribution in [2.75, 3.05) is 19.7 Å². The largest absolute Gasteiger partial charge is 0.493 e. The molecule has 0 heterocycles. The number of hydrogen-bond donors (Lipinski definition) is 2. The van der Waals surface area contributed by atoms with Gasteiger partial charge in [-0.15, -0.1) is 0 Å². The minimum atomic E-state index is 0.483. The molecule has 0 unspecified atom stereocenters. The van der Waals surface area contributed by atoms with E-state index in [2.05, 4.69) is 0 Å². The summed E-state index contributed by atoms with van der Waals surface area (Å²) in [5.41, 5.74) is 2.50. The summed E-state index contributed by atoms with van der Waals surface area (Å²) in [5, 5.41) is 8.68. The van der Waals surface area contributed by atoms with E-state index < -0.39 is 0 Å². The first-order valence-electron chi connectivity index (χ1n) is 3.44. The van der Waals surface area contributed by atoms with Crippen LogP contribution in [0.1, 0.15) is 0 Å². The number of methoxy groups -OCH3 is 2. The van der Waals surface area contributed by atoms with Crippen molar-refractivity contribution in [3.63, 3.8) is 0 Å². The van der Waals surface area contributed by atoms with E-state index in [1.807, 2.05) is 5.48 Å². The smallest absolute Gasteiger partial charge is 0.186 e. The monoisotopic (exact) mass is 169 g/mol. The molecule has 0 radical (unpaired) electrons. The molecule has 0 aliphatic rings. The molecule has 0 atom stereocenters. The van der Waals surface area contributed by atoms with Gasteiger partial charge >= 0.3 is 0 Å². The maximum Gasteiger partial charge on any atom is 0.186 e. The normalized spacial score (nSPS) is 9.25. The van der Waals surface area contributed by atoms with Gasteiger partial charge in [-0.05, 0) is 12.1 Å². The third-order valence-corrected chi connectivity index (χ3v) is 1.52. The molecule has 1 rings (SSSR count). The second-order valence-electron chi connectivity index (χ2n) is 2.15. The van der Waals surface area contributed by atoms with E-state index in [-0.39, 0.29) is 0 Å². The molecule has 1 aromatic carbocycles. The number of benzene rings is 1. The topological polar surface area (TPSA) is 50.7 Å². The maximum atomic E-state index is 8.68. The number of rotatable bonds is 3. The summed E-state index contributed by atoms with van der Waals surface area (Å²) >= 11 is 0. The summed E-state index contributed by atoms with van der Waals surface area (Å²) in [6.45, 7) is 0. The minimum Gasteiger partial charge on any atom is -0.493 e. The minimum absolute atomic E-state index is 0.483. The molecule has 0 bridgehead atoms. The predicted molar refractivity (Wildman–Crippen MR) is 45.0 cm³/mol. The van der Waals surface area contributed by atoms with Crippen LogP contribution in [0, 0.1) is 0 Å². The molecule has 0 aromatic heterocycles. The van der Waals surface area contributed by atoms with Gasteiger partial charge in [-0.1, -0.05) is 6.07 Å². The zero-order valence-corrected chi connectivity index (χ0v) is 7.00.